The number of nitrogens with zero attached hydrogens (tertiary/aromatic N) is 1. The lowest BCUT2D eigenvalue weighted by Crippen LogP contribution is -1.87. The van der Waals surface area contributed by atoms with E-state index in [1.54, 1.807) is 0 Å². The molecule has 0 saturated heterocycles. The molecule has 0 aliphatic rings. The minimum Gasteiger partial charge on any atom is -0.258 e. The van der Waals surface area contributed by atoms with Gasteiger partial charge in [0.1, 0.15) is 0 Å². The van der Waals surface area contributed by atoms with Crippen molar-refractivity contribution in [2.75, 3.05) is 0 Å². The maximum Gasteiger partial charge on any atom is 0.373 e. The molecule has 86 valence electrons. The third-order valence-electron chi connectivity index (χ3n) is 2.19. The van der Waals surface area contributed by atoms with Gasteiger partial charge >= 0.3 is 6.15 Å². The molecule has 0 spiro atoms. The average molecular weight is 227 g/mol. The van der Waals surface area contributed by atoms with Crippen molar-refractivity contribution in [3.63, 3.8) is 0 Å². The fourth-order valence-electron chi connectivity index (χ4n) is 1.63. The van der Waals surface area contributed by atoms with E-state index in [-0.39, 0.29) is 6.15 Å². The minimum atomic E-state index is 0.250. The zero-order chi connectivity index (χ0) is 12.7. The largest absolute Gasteiger partial charge is 0.373 e. The van der Waals surface area contributed by atoms with Crippen molar-refractivity contribution in [3.8, 4) is 11.1 Å². The first kappa shape index (κ1) is 12.8. The van der Waals surface area contributed by atoms with E-state index < -0.39 is 0 Å². The summed E-state index contributed by atoms with van der Waals surface area (Å²) in [7, 11) is 0. The van der Waals surface area contributed by atoms with Gasteiger partial charge in [0.05, 0.1) is 0 Å². The van der Waals surface area contributed by atoms with E-state index in [0.717, 1.165) is 11.4 Å². The van der Waals surface area contributed by atoms with Gasteiger partial charge in [-0.25, -0.2) is 0 Å². The Morgan fingerprint density at radius 3 is 1.82 bits per heavy atom. The van der Waals surface area contributed by atoms with Crippen molar-refractivity contribution in [1.82, 2.24) is 4.98 Å². The molecule has 1 aromatic heterocycles. The number of pyridine rings is 1. The summed E-state index contributed by atoms with van der Waals surface area (Å²) in [4.78, 5) is 20.6. The quantitative estimate of drug-likeness (QED) is 0.752. The molecule has 0 fully saturated rings. The summed E-state index contributed by atoms with van der Waals surface area (Å²) in [6, 6.07) is 14.6. The monoisotopic (exact) mass is 227 g/mol. The Morgan fingerprint density at radius 2 is 1.35 bits per heavy atom. The lowest BCUT2D eigenvalue weighted by molar-refractivity contribution is -0.191. The summed E-state index contributed by atoms with van der Waals surface area (Å²) in [5, 5.41) is 0. The molecule has 3 nitrogen and oxygen atoms in total. The van der Waals surface area contributed by atoms with Gasteiger partial charge in [0.15, 0.2) is 0 Å². The third-order valence-corrected chi connectivity index (χ3v) is 2.19. The van der Waals surface area contributed by atoms with Gasteiger partial charge in [0.25, 0.3) is 0 Å². The standard InChI is InChI=1S/C13H13N.CO2/c1-10-8-13(9-11(2)14-10)12-6-4-3-5-7-12;2-1-3/h3-9H,1-2H3;. The Labute approximate surface area is 100 Å². The number of benzene rings is 1. The van der Waals surface area contributed by atoms with Crippen LogP contribution in [0.15, 0.2) is 42.5 Å². The first-order valence-corrected chi connectivity index (χ1v) is 5.17. The lowest BCUT2D eigenvalue weighted by Gasteiger charge is -2.03. The zero-order valence-corrected chi connectivity index (χ0v) is 9.81. The summed E-state index contributed by atoms with van der Waals surface area (Å²) in [5.74, 6) is 0. The van der Waals surface area contributed by atoms with Crippen LogP contribution in [0.2, 0.25) is 0 Å². The molecule has 2 rings (SSSR count). The third kappa shape index (κ3) is 4.01. The molecule has 0 aliphatic heterocycles. The van der Waals surface area contributed by atoms with Crippen LogP contribution in [-0.2, 0) is 9.59 Å². The molecular formula is C14H13NO2. The van der Waals surface area contributed by atoms with Gasteiger partial charge in [-0.05, 0) is 37.1 Å². The van der Waals surface area contributed by atoms with Gasteiger partial charge in [-0.1, -0.05) is 30.3 Å². The van der Waals surface area contributed by atoms with Crippen molar-refractivity contribution in [1.29, 1.82) is 0 Å². The summed E-state index contributed by atoms with van der Waals surface area (Å²) in [5.41, 5.74) is 4.64. The smallest absolute Gasteiger partial charge is 0.258 e. The van der Waals surface area contributed by atoms with E-state index in [4.69, 9.17) is 9.59 Å². The van der Waals surface area contributed by atoms with E-state index in [0.29, 0.717) is 0 Å². The van der Waals surface area contributed by atoms with Gasteiger partial charge in [0.2, 0.25) is 0 Å². The van der Waals surface area contributed by atoms with Gasteiger partial charge in [-0.2, -0.15) is 9.59 Å². The van der Waals surface area contributed by atoms with Gasteiger partial charge in [-0.3, -0.25) is 4.98 Å². The van der Waals surface area contributed by atoms with E-state index in [9.17, 15) is 0 Å². The van der Waals surface area contributed by atoms with Crippen LogP contribution >= 0.6 is 0 Å². The van der Waals surface area contributed by atoms with E-state index in [1.807, 2.05) is 19.9 Å². The highest BCUT2D eigenvalue weighted by Gasteiger charge is 1.98. The maximum absolute atomic E-state index is 8.12. The van der Waals surface area contributed by atoms with Crippen molar-refractivity contribution in [3.05, 3.63) is 53.9 Å². The summed E-state index contributed by atoms with van der Waals surface area (Å²) in [6.07, 6.45) is 0.250. The second kappa shape index (κ2) is 6.36. The molecule has 0 saturated carbocycles. The normalized spacial score (nSPS) is 8.82. The molecule has 0 bridgehead atoms. The predicted molar refractivity (Wildman–Crippen MR) is 64.2 cm³/mol. The second-order valence-electron chi connectivity index (χ2n) is 3.59. The van der Waals surface area contributed by atoms with Crippen molar-refractivity contribution in [2.24, 2.45) is 0 Å². The molecule has 0 atom stereocenters. The highest BCUT2D eigenvalue weighted by atomic mass is 16.2. The summed E-state index contributed by atoms with van der Waals surface area (Å²) >= 11 is 0. The fraction of sp³-hybridized carbons (Fsp3) is 0.143. The predicted octanol–water partition coefficient (Wildman–Crippen LogP) is 2.78. The SMILES string of the molecule is Cc1cc(-c2ccccc2)cc(C)n1.O=C=O. The van der Waals surface area contributed by atoms with E-state index in [1.165, 1.54) is 11.1 Å². The molecule has 3 heteroatoms. The highest BCUT2D eigenvalue weighted by molar-refractivity contribution is 5.63. The van der Waals surface area contributed by atoms with Crippen molar-refractivity contribution < 1.29 is 9.59 Å². The minimum absolute atomic E-state index is 0.250. The van der Waals surface area contributed by atoms with Gasteiger partial charge in [-0.15, -0.1) is 0 Å². The Kier molecular flexibility index (Phi) is 4.79. The molecule has 0 radical (unpaired) electrons. The molecule has 1 heterocycles. The molecule has 0 N–H and O–H groups in total. The van der Waals surface area contributed by atoms with E-state index >= 15 is 0 Å². The van der Waals surface area contributed by atoms with Crippen LogP contribution in [-0.4, -0.2) is 11.1 Å². The molecule has 2 aromatic rings. The van der Waals surface area contributed by atoms with Crippen LogP contribution in [0.1, 0.15) is 11.4 Å². The van der Waals surface area contributed by atoms with Gasteiger partial charge < -0.3 is 0 Å². The summed E-state index contributed by atoms with van der Waals surface area (Å²) < 4.78 is 0. The fourth-order valence-corrected chi connectivity index (χ4v) is 1.63. The average Bonchev–Trinajstić information content (AvgIpc) is 2.30. The topological polar surface area (TPSA) is 47.0 Å². The maximum atomic E-state index is 8.12. The number of aromatic nitrogens is 1. The first-order valence-electron chi connectivity index (χ1n) is 5.17. The lowest BCUT2D eigenvalue weighted by atomic mass is 10.1. The molecule has 0 unspecified atom stereocenters. The van der Waals surface area contributed by atoms with Crippen LogP contribution in [0.3, 0.4) is 0 Å². The molecule has 1 aromatic carbocycles. The zero-order valence-electron chi connectivity index (χ0n) is 9.81. The molecule has 0 amide bonds. The molecule has 0 aliphatic carbocycles. The first-order chi connectivity index (χ1) is 8.17. The van der Waals surface area contributed by atoms with Crippen LogP contribution in [0.5, 0.6) is 0 Å². The molecular weight excluding hydrogens is 214 g/mol. The van der Waals surface area contributed by atoms with Crippen molar-refractivity contribution in [2.45, 2.75) is 13.8 Å². The number of hydrogen-bond acceptors (Lipinski definition) is 3. The van der Waals surface area contributed by atoms with Crippen molar-refractivity contribution >= 4 is 6.15 Å². The molecule has 17 heavy (non-hydrogen) atoms. The van der Waals surface area contributed by atoms with E-state index in [2.05, 4.69) is 41.4 Å². The number of aryl methyl sites for hydroxylation is 2. The Balaban J connectivity index is 0.000000437. The van der Waals surface area contributed by atoms with Crippen LogP contribution < -0.4 is 0 Å². The number of hydrogen-bond donors (Lipinski definition) is 0. The number of rotatable bonds is 1. The van der Waals surface area contributed by atoms with Gasteiger partial charge in [0, 0.05) is 11.4 Å². The van der Waals surface area contributed by atoms with Crippen LogP contribution in [0, 0.1) is 13.8 Å². The van der Waals surface area contributed by atoms with Crippen LogP contribution in [0.25, 0.3) is 11.1 Å². The Hall–Kier alpha value is -2.25. The summed E-state index contributed by atoms with van der Waals surface area (Å²) in [6.45, 7) is 4.05. The number of carbonyl (C=O) groups excluding carboxylic acids is 2. The Bertz CT molecular complexity index is 495. The highest BCUT2D eigenvalue weighted by Crippen LogP contribution is 2.19. The second-order valence-corrected chi connectivity index (χ2v) is 3.59. The van der Waals surface area contributed by atoms with Crippen LogP contribution in [0.4, 0.5) is 0 Å². The Morgan fingerprint density at radius 1 is 0.882 bits per heavy atom.